The summed E-state index contributed by atoms with van der Waals surface area (Å²) >= 11 is 7.87. The van der Waals surface area contributed by atoms with Crippen LogP contribution in [-0.2, 0) is 19.1 Å². The Kier molecular flexibility index (Phi) is 17.5. The van der Waals surface area contributed by atoms with Gasteiger partial charge in [0.25, 0.3) is 15.7 Å². The van der Waals surface area contributed by atoms with Gasteiger partial charge in [-0.25, -0.2) is 17.8 Å². The zero-order valence-electron chi connectivity index (χ0n) is 41.3. The molecule has 0 spiro atoms. The van der Waals surface area contributed by atoms with Gasteiger partial charge >= 0.3 is 13.8 Å². The number of likely N-dealkylation sites (tertiary alicyclic amines) is 1. The van der Waals surface area contributed by atoms with E-state index in [-0.39, 0.29) is 46.4 Å². The first-order valence-corrected chi connectivity index (χ1v) is 28.8. The van der Waals surface area contributed by atoms with Gasteiger partial charge in [0.15, 0.2) is 0 Å². The number of piperazine rings is 1. The van der Waals surface area contributed by atoms with E-state index in [9.17, 15) is 33.0 Å². The number of benzene rings is 5. The highest BCUT2D eigenvalue weighted by atomic mass is 35.5. The fourth-order valence-electron chi connectivity index (χ4n) is 9.82. The van der Waals surface area contributed by atoms with Crippen molar-refractivity contribution in [2.24, 2.45) is 5.92 Å². The summed E-state index contributed by atoms with van der Waals surface area (Å²) in [5.74, 6) is -0.381. The van der Waals surface area contributed by atoms with Gasteiger partial charge < -0.3 is 39.5 Å². The number of phosphoric acid groups is 1. The van der Waals surface area contributed by atoms with Gasteiger partial charge in [0.2, 0.25) is 0 Å². The van der Waals surface area contributed by atoms with Crippen LogP contribution in [0, 0.1) is 23.0 Å². The highest BCUT2D eigenvalue weighted by molar-refractivity contribution is 7.99. The maximum absolute atomic E-state index is 13.8. The molecule has 1 unspecified atom stereocenters. The van der Waals surface area contributed by atoms with Crippen LogP contribution in [0.4, 0.5) is 28.4 Å². The number of rotatable bonds is 21. The Hall–Kier alpha value is -5.89. The second-order valence-corrected chi connectivity index (χ2v) is 23.3. The molecule has 21 heteroatoms. The number of nitrogens with zero attached hydrogens (tertiary/aromatic N) is 5. The average Bonchev–Trinajstić information content (AvgIpc) is 3.70. The van der Waals surface area contributed by atoms with E-state index in [1.807, 2.05) is 106 Å². The van der Waals surface area contributed by atoms with E-state index in [1.165, 1.54) is 12.1 Å². The first-order valence-electron chi connectivity index (χ1n) is 24.5. The quantitative estimate of drug-likeness (QED) is 0.0196. The lowest BCUT2D eigenvalue weighted by Gasteiger charge is -2.37. The molecular weight excluding hydrogens is 1030 g/mol. The van der Waals surface area contributed by atoms with Crippen LogP contribution in [0.15, 0.2) is 131 Å². The predicted octanol–water partition coefficient (Wildman–Crippen LogP) is 10.9. The Morgan fingerprint density at radius 1 is 0.865 bits per heavy atom. The van der Waals surface area contributed by atoms with E-state index in [2.05, 4.69) is 35.4 Å². The maximum atomic E-state index is 13.8. The number of carboxylic acid groups (broad SMARTS) is 1. The molecule has 2 aliphatic rings. The van der Waals surface area contributed by atoms with Crippen LogP contribution in [0.5, 0.6) is 0 Å². The van der Waals surface area contributed by atoms with Gasteiger partial charge in [0.05, 0.1) is 27.7 Å². The lowest BCUT2D eigenvalue weighted by atomic mass is 9.96. The number of thioether (sulfide) groups is 1. The number of aromatic carboxylic acids is 1. The number of hydrogen-bond donors (Lipinski definition) is 5. The van der Waals surface area contributed by atoms with Gasteiger partial charge in [0, 0.05) is 94.9 Å². The van der Waals surface area contributed by atoms with Crippen molar-refractivity contribution in [3.8, 4) is 22.4 Å². The Morgan fingerprint density at radius 3 is 2.15 bits per heavy atom. The molecule has 5 aromatic carbocycles. The van der Waals surface area contributed by atoms with Gasteiger partial charge in [-0.3, -0.25) is 19.4 Å². The molecule has 8 rings (SSSR count). The van der Waals surface area contributed by atoms with Gasteiger partial charge in [-0.1, -0.05) is 54.1 Å². The van der Waals surface area contributed by atoms with Gasteiger partial charge in [0.1, 0.15) is 5.69 Å². The van der Waals surface area contributed by atoms with Crippen LogP contribution in [0.2, 0.25) is 5.02 Å². The smallest absolute Gasteiger partial charge is 0.469 e. The van der Waals surface area contributed by atoms with Crippen LogP contribution in [0.3, 0.4) is 0 Å². The molecule has 392 valence electrons. The first-order chi connectivity index (χ1) is 35.3. The van der Waals surface area contributed by atoms with Crippen LogP contribution in [0.1, 0.15) is 55.2 Å². The number of phosphoric ester groups is 1. The predicted molar refractivity (Wildman–Crippen MR) is 294 cm³/mol. The number of piperidine rings is 1. The second kappa shape index (κ2) is 23.8. The van der Waals surface area contributed by atoms with E-state index >= 15 is 0 Å². The summed E-state index contributed by atoms with van der Waals surface area (Å²) in [7, 11) is -8.78. The molecule has 0 saturated carbocycles. The lowest BCUT2D eigenvalue weighted by Crippen LogP contribution is -2.46. The van der Waals surface area contributed by atoms with Crippen molar-refractivity contribution < 1.29 is 42.1 Å². The molecule has 0 amide bonds. The number of carbonyl (C=O) groups is 1. The molecule has 2 aliphatic heterocycles. The number of aromatic nitrogens is 1. The van der Waals surface area contributed by atoms with Crippen molar-refractivity contribution in [2.75, 3.05) is 78.0 Å². The third kappa shape index (κ3) is 13.5. The molecule has 1 atom stereocenters. The number of nitro groups is 1. The summed E-state index contributed by atoms with van der Waals surface area (Å²) in [6.07, 6.45) is 2.06. The van der Waals surface area contributed by atoms with Crippen LogP contribution < -0.4 is 19.8 Å². The summed E-state index contributed by atoms with van der Waals surface area (Å²) in [4.78, 5) is 50.5. The normalized spacial score (nSPS) is 15.3. The van der Waals surface area contributed by atoms with E-state index in [1.54, 1.807) is 23.9 Å². The molecule has 0 radical (unpaired) electrons. The minimum atomic E-state index is -4.54. The Morgan fingerprint density at radius 2 is 1.53 bits per heavy atom. The molecule has 1 aromatic heterocycles. The minimum absolute atomic E-state index is 0.00381. The monoisotopic (exact) mass is 1090 g/mol. The molecule has 3 heterocycles. The Bertz CT molecular complexity index is 3090. The van der Waals surface area contributed by atoms with Crippen molar-refractivity contribution >= 4 is 75.6 Å². The third-order valence-corrected chi connectivity index (χ3v) is 16.9. The van der Waals surface area contributed by atoms with Crippen molar-refractivity contribution in [1.29, 1.82) is 0 Å². The summed E-state index contributed by atoms with van der Waals surface area (Å²) in [6.45, 7) is 10.7. The number of nitro benzene ring substituents is 1. The summed E-state index contributed by atoms with van der Waals surface area (Å²) < 4.78 is 48.1. The molecular formula is C53H61ClN7O10PS2. The molecule has 6 aromatic rings. The summed E-state index contributed by atoms with van der Waals surface area (Å²) in [6, 6.07) is 35.9. The molecule has 0 aliphatic carbocycles. The van der Waals surface area contributed by atoms with E-state index < -0.39 is 28.7 Å². The zero-order chi connectivity index (χ0) is 52.7. The van der Waals surface area contributed by atoms with E-state index in [0.29, 0.717) is 80.0 Å². The number of halogens is 1. The van der Waals surface area contributed by atoms with Gasteiger partial charge in [-0.2, -0.15) is 0 Å². The highest BCUT2D eigenvalue weighted by Crippen LogP contribution is 2.43. The number of nitrogens with one attached hydrogen (secondary N) is 2. The van der Waals surface area contributed by atoms with Crippen LogP contribution in [0.25, 0.3) is 22.4 Å². The lowest BCUT2D eigenvalue weighted by molar-refractivity contribution is -0.384. The Labute approximate surface area is 440 Å². The number of hydrogen-bond acceptors (Lipinski definition) is 12. The summed E-state index contributed by atoms with van der Waals surface area (Å²) in [5, 5.41) is 27.0. The molecule has 2 fully saturated rings. The number of sulfonamides is 1. The Balaban J connectivity index is 0.910. The fraction of sp³-hybridized carbons (Fsp3) is 0.340. The topological polar surface area (TPSA) is 220 Å². The first kappa shape index (κ1) is 54.4. The highest BCUT2D eigenvalue weighted by Gasteiger charge is 2.30. The van der Waals surface area contributed by atoms with Crippen molar-refractivity contribution in [1.82, 2.24) is 9.47 Å². The van der Waals surface area contributed by atoms with E-state index in [4.69, 9.17) is 25.9 Å². The zero-order valence-corrected chi connectivity index (χ0v) is 44.6. The van der Waals surface area contributed by atoms with Crippen LogP contribution >= 0.6 is 31.2 Å². The minimum Gasteiger partial charge on any atom is -0.478 e. The summed E-state index contributed by atoms with van der Waals surface area (Å²) in [5.41, 5.74) is 6.06. The largest absolute Gasteiger partial charge is 0.478 e. The number of carboxylic acids is 1. The van der Waals surface area contributed by atoms with E-state index in [0.717, 1.165) is 52.0 Å². The molecule has 5 N–H and O–H groups in total. The fourth-order valence-corrected chi connectivity index (χ4v) is 12.4. The van der Waals surface area contributed by atoms with Gasteiger partial charge in [-0.15, -0.1) is 11.8 Å². The number of anilines is 4. The maximum Gasteiger partial charge on any atom is 0.469 e. The second-order valence-electron chi connectivity index (χ2n) is 18.9. The molecule has 74 heavy (non-hydrogen) atoms. The third-order valence-electron chi connectivity index (χ3n) is 13.6. The SMILES string of the molecule is Cc1c(C(=O)O)c(-c2cccc(N3CCN(c4ccc(NS(=O)(=O)c5ccc(NC(CCN6CCC(COP(=O)(O)O)CC6)CSc6ccccc6)c([N+](=O)[O-])c5)cc4)CC3)c2)c(-c2ccc(Cl)cc2)n1C(C)C. The van der Waals surface area contributed by atoms with Crippen molar-refractivity contribution in [3.63, 3.8) is 0 Å². The van der Waals surface area contributed by atoms with Crippen molar-refractivity contribution in [3.05, 3.63) is 148 Å². The average molecular weight is 1090 g/mol. The molecule has 2 saturated heterocycles. The van der Waals surface area contributed by atoms with Crippen LogP contribution in [-0.4, -0.2) is 108 Å². The standard InChI is InChI=1S/C53H61ClN7O10PS2/c1-36(2)60-37(3)50(53(62)63)51(52(60)39-12-14-41(54)15-13-39)40-8-7-9-45(32-40)59-30-28-58(29-31-59)44-18-16-42(17-19-44)56-74(69,70)47-20-21-48(49(33-47)61(64)65)55-43(35-73-46-10-5-4-6-11-46)24-27-57-25-22-38(23-26-57)34-71-72(66,67)68/h4-21,32-33,36,38,43,55-56H,22-31,34-35H2,1-3H3,(H,62,63)(H2,66,67,68). The molecule has 17 nitrogen and oxygen atoms in total. The molecule has 0 bridgehead atoms. The van der Waals surface area contributed by atoms with Crippen molar-refractivity contribution in [2.45, 2.75) is 61.9 Å². The van der Waals surface area contributed by atoms with Gasteiger partial charge in [-0.05, 0) is 143 Å².